The van der Waals surface area contributed by atoms with Crippen molar-refractivity contribution in [2.45, 2.75) is 62.7 Å². The minimum Gasteiger partial charge on any atom is -0.346 e. The summed E-state index contributed by atoms with van der Waals surface area (Å²) in [4.78, 5) is 33.0. The fourth-order valence-electron chi connectivity index (χ4n) is 5.51. The summed E-state index contributed by atoms with van der Waals surface area (Å²) >= 11 is 0. The topological polar surface area (TPSA) is 90.5 Å². The van der Waals surface area contributed by atoms with Gasteiger partial charge in [0, 0.05) is 32.0 Å². The van der Waals surface area contributed by atoms with Gasteiger partial charge in [-0.1, -0.05) is 25.0 Å². The second kappa shape index (κ2) is 10.2. The van der Waals surface area contributed by atoms with E-state index in [1.807, 2.05) is 30.3 Å². The largest absolute Gasteiger partial charge is 0.346 e. The minimum atomic E-state index is -1.08. The molecular formula is C28H30FN5O2. The Labute approximate surface area is 209 Å². The lowest BCUT2D eigenvalue weighted by atomic mass is 9.76. The van der Waals surface area contributed by atoms with Crippen molar-refractivity contribution in [3.05, 3.63) is 82.0 Å². The first kappa shape index (κ1) is 24.1. The molecule has 0 radical (unpaired) electrons. The van der Waals surface area contributed by atoms with Crippen molar-refractivity contribution in [2.24, 2.45) is 0 Å². The van der Waals surface area contributed by atoms with Crippen LogP contribution in [0.4, 0.5) is 4.39 Å². The van der Waals surface area contributed by atoms with Gasteiger partial charge in [-0.05, 0) is 61.6 Å². The van der Waals surface area contributed by atoms with E-state index in [1.54, 1.807) is 24.5 Å². The van der Waals surface area contributed by atoms with Crippen LogP contribution in [-0.2, 0) is 12.0 Å². The van der Waals surface area contributed by atoms with Crippen molar-refractivity contribution in [2.75, 3.05) is 13.1 Å². The number of piperidine rings is 1. The van der Waals surface area contributed by atoms with Gasteiger partial charge in [-0.3, -0.25) is 23.9 Å². The molecule has 8 heteroatoms. The molecule has 2 atom stereocenters. The minimum absolute atomic E-state index is 0.0309. The van der Waals surface area contributed by atoms with Crippen LogP contribution < -0.4 is 10.9 Å². The molecule has 186 valence electrons. The van der Waals surface area contributed by atoms with Gasteiger partial charge in [0.05, 0.1) is 23.3 Å². The first-order chi connectivity index (χ1) is 17.5. The second-order valence-electron chi connectivity index (χ2n) is 9.91. The molecule has 1 aliphatic carbocycles. The van der Waals surface area contributed by atoms with Crippen LogP contribution in [0.2, 0.25) is 0 Å². The van der Waals surface area contributed by atoms with Gasteiger partial charge in [-0.15, -0.1) is 0 Å². The zero-order valence-electron chi connectivity index (χ0n) is 20.2. The third-order valence-electron chi connectivity index (χ3n) is 7.67. The predicted molar refractivity (Wildman–Crippen MR) is 134 cm³/mol. The van der Waals surface area contributed by atoms with Gasteiger partial charge < -0.3 is 5.32 Å². The van der Waals surface area contributed by atoms with Gasteiger partial charge >= 0.3 is 0 Å². The fourth-order valence-corrected chi connectivity index (χ4v) is 5.51. The number of hydrogen-bond acceptors (Lipinski definition) is 5. The standard InChI is InChI=1S/C28H30FN5O2/c29-22-7-1-2-8-23(22)32-26(35)21-17-20(24-9-4-6-14-34(24)27(21)36)18-33-15-11-28(19-30,12-16-33)25-10-3-5-13-31-25/h3-6,9-10,13-14,17,22-23H,1-2,7-8,11-12,15-16,18H2,(H,32,35)/t22-,23-/m0/s1. The average molecular weight is 488 g/mol. The molecule has 2 fully saturated rings. The van der Waals surface area contributed by atoms with Gasteiger partial charge in [0.15, 0.2) is 0 Å². The maximum atomic E-state index is 14.3. The molecule has 0 bridgehead atoms. The summed E-state index contributed by atoms with van der Waals surface area (Å²) in [6.45, 7) is 1.91. The molecule has 7 nitrogen and oxygen atoms in total. The molecule has 0 unspecified atom stereocenters. The lowest BCUT2D eigenvalue weighted by Crippen LogP contribution is -2.45. The molecule has 3 aromatic rings. The highest BCUT2D eigenvalue weighted by molar-refractivity contribution is 5.94. The van der Waals surface area contributed by atoms with Crippen LogP contribution in [0, 0.1) is 11.3 Å². The first-order valence-corrected chi connectivity index (χ1v) is 12.6. The van der Waals surface area contributed by atoms with Crippen molar-refractivity contribution >= 4 is 11.4 Å². The number of pyridine rings is 3. The quantitative estimate of drug-likeness (QED) is 0.592. The average Bonchev–Trinajstić information content (AvgIpc) is 2.92. The van der Waals surface area contributed by atoms with E-state index in [4.69, 9.17) is 0 Å². The van der Waals surface area contributed by atoms with Gasteiger partial charge in [-0.2, -0.15) is 5.26 Å². The van der Waals surface area contributed by atoms with E-state index in [1.165, 1.54) is 4.40 Å². The number of fused-ring (bicyclic) bond motifs is 1. The molecule has 0 spiro atoms. The number of amides is 1. The Morgan fingerprint density at radius 2 is 1.94 bits per heavy atom. The van der Waals surface area contributed by atoms with Gasteiger partial charge in [0.1, 0.15) is 17.2 Å². The van der Waals surface area contributed by atoms with Crippen molar-refractivity contribution in [1.82, 2.24) is 19.6 Å². The number of aromatic nitrogens is 2. The molecule has 4 heterocycles. The van der Waals surface area contributed by atoms with Crippen LogP contribution in [0.1, 0.15) is 60.1 Å². The molecule has 5 rings (SSSR count). The van der Waals surface area contributed by atoms with Crippen molar-refractivity contribution in [1.29, 1.82) is 5.26 Å². The molecule has 36 heavy (non-hydrogen) atoms. The fraction of sp³-hybridized carbons (Fsp3) is 0.429. The summed E-state index contributed by atoms with van der Waals surface area (Å²) in [7, 11) is 0. The highest BCUT2D eigenvalue weighted by Gasteiger charge is 2.38. The number of halogens is 1. The van der Waals surface area contributed by atoms with Crippen molar-refractivity contribution < 1.29 is 9.18 Å². The van der Waals surface area contributed by atoms with Crippen LogP contribution in [0.15, 0.2) is 59.7 Å². The Morgan fingerprint density at radius 1 is 1.17 bits per heavy atom. The van der Waals surface area contributed by atoms with E-state index >= 15 is 0 Å². The maximum absolute atomic E-state index is 14.3. The van der Waals surface area contributed by atoms with E-state index in [-0.39, 0.29) is 5.56 Å². The van der Waals surface area contributed by atoms with E-state index in [9.17, 15) is 19.2 Å². The van der Waals surface area contributed by atoms with E-state index in [2.05, 4.69) is 21.3 Å². The van der Waals surface area contributed by atoms with Gasteiger partial charge in [0.2, 0.25) is 0 Å². The lowest BCUT2D eigenvalue weighted by Gasteiger charge is -2.37. The number of hydrogen-bond donors (Lipinski definition) is 1. The summed E-state index contributed by atoms with van der Waals surface area (Å²) in [5.74, 6) is -0.522. The smallest absolute Gasteiger partial charge is 0.267 e. The number of nitriles is 1. The molecule has 1 N–H and O–H groups in total. The number of likely N-dealkylation sites (tertiary alicyclic amines) is 1. The van der Waals surface area contributed by atoms with Crippen LogP contribution in [0.3, 0.4) is 0 Å². The summed E-state index contributed by atoms with van der Waals surface area (Å²) in [5.41, 5.74) is 1.40. The Morgan fingerprint density at radius 3 is 2.67 bits per heavy atom. The molecule has 0 aromatic carbocycles. The normalized spacial score (nSPS) is 22.1. The summed E-state index contributed by atoms with van der Waals surface area (Å²) in [6.07, 6.45) is 6.30. The monoisotopic (exact) mass is 487 g/mol. The number of alkyl halides is 1. The number of nitrogens with zero attached hydrogens (tertiary/aromatic N) is 4. The number of rotatable bonds is 5. The molecule has 1 amide bonds. The van der Waals surface area contributed by atoms with Crippen molar-refractivity contribution in [3.8, 4) is 6.07 Å². The van der Waals surface area contributed by atoms with Crippen LogP contribution >= 0.6 is 0 Å². The molecule has 1 aliphatic heterocycles. The van der Waals surface area contributed by atoms with E-state index < -0.39 is 29.1 Å². The zero-order chi connectivity index (χ0) is 25.1. The van der Waals surface area contributed by atoms with Gasteiger partial charge in [0.25, 0.3) is 11.5 Å². The summed E-state index contributed by atoms with van der Waals surface area (Å²) in [5, 5.41) is 12.7. The van der Waals surface area contributed by atoms with E-state index in [0.29, 0.717) is 45.3 Å². The second-order valence-corrected chi connectivity index (χ2v) is 9.91. The maximum Gasteiger partial charge on any atom is 0.267 e. The van der Waals surface area contributed by atoms with Crippen LogP contribution in [0.5, 0.6) is 0 Å². The summed E-state index contributed by atoms with van der Waals surface area (Å²) < 4.78 is 15.8. The van der Waals surface area contributed by atoms with Crippen LogP contribution in [-0.4, -0.2) is 45.5 Å². The number of nitrogens with one attached hydrogen (secondary N) is 1. The molecule has 1 saturated carbocycles. The van der Waals surface area contributed by atoms with Crippen molar-refractivity contribution in [3.63, 3.8) is 0 Å². The Bertz CT molecular complexity index is 1340. The van der Waals surface area contributed by atoms with Crippen LogP contribution in [0.25, 0.3) is 5.52 Å². The highest BCUT2D eigenvalue weighted by Crippen LogP contribution is 2.34. The SMILES string of the molecule is N#CC1(c2ccccn2)CCN(Cc2cc(C(=O)N[C@H]3CCCC[C@@H]3F)c(=O)n3ccccc23)CC1. The Kier molecular flexibility index (Phi) is 6.84. The van der Waals surface area contributed by atoms with Gasteiger partial charge in [-0.25, -0.2) is 4.39 Å². The summed E-state index contributed by atoms with van der Waals surface area (Å²) in [6, 6.07) is 14.8. The number of carbonyl (C=O) groups is 1. The number of carbonyl (C=O) groups excluding carboxylic acids is 1. The predicted octanol–water partition coefficient (Wildman–Crippen LogP) is 3.76. The third-order valence-corrected chi connectivity index (χ3v) is 7.67. The Hall–Kier alpha value is -3.57. The lowest BCUT2D eigenvalue weighted by molar-refractivity contribution is 0.0882. The molecule has 3 aromatic heterocycles. The molecule has 1 saturated heterocycles. The highest BCUT2D eigenvalue weighted by atomic mass is 19.1. The zero-order valence-corrected chi connectivity index (χ0v) is 20.2. The first-order valence-electron chi connectivity index (χ1n) is 12.6. The molecular weight excluding hydrogens is 457 g/mol. The van der Waals surface area contributed by atoms with E-state index in [0.717, 1.165) is 29.6 Å². The Balaban J connectivity index is 1.39. The third kappa shape index (κ3) is 4.63. The molecule has 2 aliphatic rings.